The number of carbonyl (C=O) groups is 1. The van der Waals surface area contributed by atoms with E-state index in [1.165, 1.54) is 0 Å². The Morgan fingerprint density at radius 1 is 1.30 bits per heavy atom. The van der Waals surface area contributed by atoms with Crippen molar-refractivity contribution in [2.24, 2.45) is 10.4 Å². The van der Waals surface area contributed by atoms with Gasteiger partial charge in [-0.25, -0.2) is 0 Å². The number of pyridine rings is 1. The highest BCUT2D eigenvalue weighted by Gasteiger charge is 2.24. The Kier molecular flexibility index (Phi) is 3.84. The third kappa shape index (κ3) is 3.02. The quantitative estimate of drug-likeness (QED) is 0.798. The van der Waals surface area contributed by atoms with Gasteiger partial charge in [-0.3, -0.25) is 9.98 Å². The SMILES string of the molecule is CC(C)(C)[C@H](N=Cc1cccc2cccnc12)C(=O)[O-]. The molecule has 1 aromatic heterocycles. The first-order chi connectivity index (χ1) is 9.39. The fourth-order valence-corrected chi connectivity index (χ4v) is 2.02. The van der Waals surface area contributed by atoms with Gasteiger partial charge in [-0.2, -0.15) is 0 Å². The summed E-state index contributed by atoms with van der Waals surface area (Å²) in [6, 6.07) is 8.66. The van der Waals surface area contributed by atoms with Crippen LogP contribution in [-0.2, 0) is 4.79 Å². The lowest BCUT2D eigenvalue weighted by molar-refractivity contribution is -0.309. The summed E-state index contributed by atoms with van der Waals surface area (Å²) in [4.78, 5) is 19.7. The summed E-state index contributed by atoms with van der Waals surface area (Å²) in [5.41, 5.74) is 1.12. The van der Waals surface area contributed by atoms with Gasteiger partial charge in [0.1, 0.15) is 0 Å². The molecule has 2 rings (SSSR count). The lowest BCUT2D eigenvalue weighted by Gasteiger charge is -2.27. The van der Waals surface area contributed by atoms with Gasteiger partial charge in [-0.15, -0.1) is 0 Å². The summed E-state index contributed by atoms with van der Waals surface area (Å²) in [5, 5.41) is 12.2. The number of para-hydroxylation sites is 1. The van der Waals surface area contributed by atoms with Gasteiger partial charge in [0.2, 0.25) is 0 Å². The topological polar surface area (TPSA) is 65.4 Å². The van der Waals surface area contributed by atoms with Crippen molar-refractivity contribution in [1.29, 1.82) is 0 Å². The van der Waals surface area contributed by atoms with E-state index in [1.807, 2.05) is 51.1 Å². The molecule has 0 fully saturated rings. The van der Waals surface area contributed by atoms with Crippen molar-refractivity contribution in [2.45, 2.75) is 26.8 Å². The van der Waals surface area contributed by atoms with Crippen molar-refractivity contribution in [2.75, 3.05) is 0 Å². The largest absolute Gasteiger partial charge is 0.548 e. The minimum Gasteiger partial charge on any atom is -0.548 e. The molecular weight excluding hydrogens is 252 g/mol. The van der Waals surface area contributed by atoms with Crippen LogP contribution >= 0.6 is 0 Å². The number of carboxylic acid groups (broad SMARTS) is 1. The number of carboxylic acids is 1. The highest BCUT2D eigenvalue weighted by Crippen LogP contribution is 2.22. The number of benzene rings is 1. The second-order valence-electron chi connectivity index (χ2n) is 5.79. The van der Waals surface area contributed by atoms with Gasteiger partial charge in [0.25, 0.3) is 0 Å². The summed E-state index contributed by atoms with van der Waals surface area (Å²) in [5.74, 6) is -1.16. The summed E-state index contributed by atoms with van der Waals surface area (Å²) in [6.45, 7) is 5.48. The molecule has 0 aliphatic heterocycles. The highest BCUT2D eigenvalue weighted by atomic mass is 16.4. The van der Waals surface area contributed by atoms with E-state index in [1.54, 1.807) is 12.4 Å². The molecular formula is C16H17N2O2-. The van der Waals surface area contributed by atoms with Gasteiger partial charge in [0, 0.05) is 23.4 Å². The summed E-state index contributed by atoms with van der Waals surface area (Å²) >= 11 is 0. The minimum atomic E-state index is -1.16. The van der Waals surface area contributed by atoms with Crippen molar-refractivity contribution < 1.29 is 9.90 Å². The molecule has 1 heterocycles. The second-order valence-corrected chi connectivity index (χ2v) is 5.79. The summed E-state index contributed by atoms with van der Waals surface area (Å²) in [7, 11) is 0. The third-order valence-corrected chi connectivity index (χ3v) is 3.07. The van der Waals surface area contributed by atoms with E-state index < -0.39 is 17.4 Å². The molecule has 0 saturated carbocycles. The molecule has 1 aromatic carbocycles. The van der Waals surface area contributed by atoms with Crippen LogP contribution in [0.3, 0.4) is 0 Å². The Morgan fingerprint density at radius 3 is 2.65 bits per heavy atom. The molecule has 0 aliphatic rings. The first kappa shape index (κ1) is 14.2. The number of aromatic nitrogens is 1. The Balaban J connectivity index is 2.41. The van der Waals surface area contributed by atoms with Gasteiger partial charge in [0.05, 0.1) is 17.5 Å². The van der Waals surface area contributed by atoms with Crippen molar-refractivity contribution >= 4 is 23.1 Å². The zero-order valence-corrected chi connectivity index (χ0v) is 11.8. The molecule has 104 valence electrons. The number of aliphatic imine (C=N–C) groups is 1. The van der Waals surface area contributed by atoms with Gasteiger partial charge in [-0.05, 0) is 11.5 Å². The van der Waals surface area contributed by atoms with Crippen molar-refractivity contribution in [3.63, 3.8) is 0 Å². The van der Waals surface area contributed by atoms with Gasteiger partial charge in [0.15, 0.2) is 0 Å². The molecule has 0 N–H and O–H groups in total. The molecule has 4 nitrogen and oxygen atoms in total. The predicted octanol–water partition coefficient (Wildman–Crippen LogP) is 1.82. The van der Waals surface area contributed by atoms with Crippen molar-refractivity contribution in [1.82, 2.24) is 4.98 Å². The Labute approximate surface area is 118 Å². The number of nitrogens with zero attached hydrogens (tertiary/aromatic N) is 2. The summed E-state index contributed by atoms with van der Waals surface area (Å²) in [6.07, 6.45) is 3.28. The highest BCUT2D eigenvalue weighted by molar-refractivity contribution is 5.97. The lowest BCUT2D eigenvalue weighted by atomic mass is 9.87. The fourth-order valence-electron chi connectivity index (χ4n) is 2.02. The summed E-state index contributed by atoms with van der Waals surface area (Å²) < 4.78 is 0. The second kappa shape index (κ2) is 5.41. The number of aliphatic carboxylic acids is 1. The fraction of sp³-hybridized carbons (Fsp3) is 0.312. The molecule has 1 atom stereocenters. The van der Waals surface area contributed by atoms with Crippen molar-refractivity contribution in [3.8, 4) is 0 Å². The standard InChI is InChI=1S/C16H18N2O2/c1-16(2,3)14(15(19)20)18-10-12-7-4-6-11-8-5-9-17-13(11)12/h4-10,14H,1-3H3,(H,19,20)/p-1/t14-/m1/s1. The average Bonchev–Trinajstić information content (AvgIpc) is 2.37. The van der Waals surface area contributed by atoms with Crippen LogP contribution in [0.1, 0.15) is 26.3 Å². The van der Waals surface area contributed by atoms with E-state index in [4.69, 9.17) is 0 Å². The molecule has 0 aliphatic carbocycles. The molecule has 0 bridgehead atoms. The van der Waals surface area contributed by atoms with E-state index in [0.717, 1.165) is 16.5 Å². The van der Waals surface area contributed by atoms with Gasteiger partial charge < -0.3 is 9.90 Å². The first-order valence-corrected chi connectivity index (χ1v) is 6.47. The number of rotatable bonds is 3. The van der Waals surface area contributed by atoms with E-state index in [2.05, 4.69) is 9.98 Å². The van der Waals surface area contributed by atoms with Gasteiger partial charge in [-0.1, -0.05) is 45.0 Å². The van der Waals surface area contributed by atoms with Crippen LogP contribution in [0.15, 0.2) is 41.5 Å². The Morgan fingerprint density at radius 2 is 2.00 bits per heavy atom. The molecule has 0 spiro atoms. The van der Waals surface area contributed by atoms with Crippen LogP contribution in [-0.4, -0.2) is 23.2 Å². The van der Waals surface area contributed by atoms with Crippen LogP contribution in [0.5, 0.6) is 0 Å². The van der Waals surface area contributed by atoms with Crippen LogP contribution < -0.4 is 5.11 Å². The molecule has 0 unspecified atom stereocenters. The van der Waals surface area contributed by atoms with Crippen LogP contribution in [0.25, 0.3) is 10.9 Å². The van der Waals surface area contributed by atoms with E-state index >= 15 is 0 Å². The first-order valence-electron chi connectivity index (χ1n) is 6.47. The molecule has 0 radical (unpaired) electrons. The van der Waals surface area contributed by atoms with E-state index in [0.29, 0.717) is 0 Å². The number of hydrogen-bond acceptors (Lipinski definition) is 4. The minimum absolute atomic E-state index is 0.493. The zero-order valence-electron chi connectivity index (χ0n) is 11.8. The average molecular weight is 269 g/mol. The number of hydrogen-bond donors (Lipinski definition) is 0. The van der Waals surface area contributed by atoms with E-state index in [9.17, 15) is 9.90 Å². The predicted molar refractivity (Wildman–Crippen MR) is 77.6 cm³/mol. The third-order valence-electron chi connectivity index (χ3n) is 3.07. The molecule has 20 heavy (non-hydrogen) atoms. The number of fused-ring (bicyclic) bond motifs is 1. The Bertz CT molecular complexity index is 652. The number of carbonyl (C=O) groups excluding carboxylic acids is 1. The van der Waals surface area contributed by atoms with Crippen LogP contribution in [0.4, 0.5) is 0 Å². The van der Waals surface area contributed by atoms with Crippen molar-refractivity contribution in [3.05, 3.63) is 42.1 Å². The van der Waals surface area contributed by atoms with Crippen LogP contribution in [0.2, 0.25) is 0 Å². The molecule has 4 heteroatoms. The van der Waals surface area contributed by atoms with Gasteiger partial charge >= 0.3 is 0 Å². The molecule has 0 saturated heterocycles. The molecule has 2 aromatic rings. The molecule has 0 amide bonds. The smallest absolute Gasteiger partial charge is 0.0941 e. The monoisotopic (exact) mass is 269 g/mol. The zero-order chi connectivity index (χ0) is 14.8. The van der Waals surface area contributed by atoms with Crippen LogP contribution in [0, 0.1) is 5.41 Å². The normalized spacial score (nSPS) is 13.8. The maximum Gasteiger partial charge on any atom is 0.0941 e. The maximum atomic E-state index is 11.2. The Hall–Kier alpha value is -2.23. The lowest BCUT2D eigenvalue weighted by Crippen LogP contribution is -2.42. The maximum absolute atomic E-state index is 11.2. The van der Waals surface area contributed by atoms with E-state index in [-0.39, 0.29) is 0 Å².